The molecule has 0 spiro atoms. The lowest BCUT2D eigenvalue weighted by Crippen LogP contribution is -2.25. The third kappa shape index (κ3) is 3.28. The molecule has 1 aromatic carbocycles. The number of anilines is 1. The van der Waals surface area contributed by atoms with Gasteiger partial charge in [0.25, 0.3) is 0 Å². The summed E-state index contributed by atoms with van der Waals surface area (Å²) in [5.74, 6) is 0.0582. The molecular weight excluding hydrogens is 275 g/mol. The molecule has 0 unspecified atom stereocenters. The van der Waals surface area contributed by atoms with Gasteiger partial charge in [0.1, 0.15) is 5.82 Å². The summed E-state index contributed by atoms with van der Waals surface area (Å²) >= 11 is 5.92. The van der Waals surface area contributed by atoms with Crippen molar-refractivity contribution < 1.29 is 4.39 Å². The molecule has 0 saturated heterocycles. The lowest BCUT2D eigenvalue weighted by atomic mass is 10.1. The standard InChI is InChI=1S/C16H18ClFN2/c1-3-20(11-14-8-4-6-12(2)19-14)16-13(10-17)7-5-9-15(16)18/h4-9H,3,10-11H2,1-2H3. The fraction of sp³-hybridized carbons (Fsp3) is 0.312. The summed E-state index contributed by atoms with van der Waals surface area (Å²) in [6, 6.07) is 10.9. The number of halogens is 2. The van der Waals surface area contributed by atoms with E-state index < -0.39 is 0 Å². The monoisotopic (exact) mass is 292 g/mol. The number of nitrogens with zero attached hydrogens (tertiary/aromatic N) is 2. The number of hydrogen-bond donors (Lipinski definition) is 0. The fourth-order valence-electron chi connectivity index (χ4n) is 2.25. The van der Waals surface area contributed by atoms with Crippen LogP contribution >= 0.6 is 11.6 Å². The van der Waals surface area contributed by atoms with Gasteiger partial charge < -0.3 is 4.90 Å². The fourth-order valence-corrected chi connectivity index (χ4v) is 2.47. The van der Waals surface area contributed by atoms with Crippen LogP contribution in [0.1, 0.15) is 23.9 Å². The average molecular weight is 293 g/mol. The molecule has 106 valence electrons. The number of para-hydroxylation sites is 1. The van der Waals surface area contributed by atoms with E-state index in [1.54, 1.807) is 6.07 Å². The zero-order chi connectivity index (χ0) is 14.5. The molecule has 2 rings (SSSR count). The van der Waals surface area contributed by atoms with Crippen LogP contribution in [-0.2, 0) is 12.4 Å². The van der Waals surface area contributed by atoms with Crippen molar-refractivity contribution in [2.45, 2.75) is 26.3 Å². The average Bonchev–Trinajstić information content (AvgIpc) is 2.45. The van der Waals surface area contributed by atoms with Gasteiger partial charge in [-0.05, 0) is 37.6 Å². The molecule has 0 atom stereocenters. The summed E-state index contributed by atoms with van der Waals surface area (Å²) in [7, 11) is 0. The lowest BCUT2D eigenvalue weighted by Gasteiger charge is -2.25. The third-order valence-corrected chi connectivity index (χ3v) is 3.50. The van der Waals surface area contributed by atoms with Gasteiger partial charge in [0.05, 0.1) is 17.9 Å². The van der Waals surface area contributed by atoms with E-state index in [-0.39, 0.29) is 5.82 Å². The second kappa shape index (κ2) is 6.71. The maximum absolute atomic E-state index is 14.1. The van der Waals surface area contributed by atoms with Crippen LogP contribution in [0.3, 0.4) is 0 Å². The molecule has 1 heterocycles. The number of rotatable bonds is 5. The van der Waals surface area contributed by atoms with E-state index in [1.807, 2.05) is 43.0 Å². The Labute approximate surface area is 124 Å². The molecule has 0 N–H and O–H groups in total. The molecule has 0 aliphatic rings. The number of aryl methyl sites for hydroxylation is 1. The van der Waals surface area contributed by atoms with Crippen molar-refractivity contribution in [2.75, 3.05) is 11.4 Å². The third-order valence-electron chi connectivity index (χ3n) is 3.21. The van der Waals surface area contributed by atoms with Crippen molar-refractivity contribution in [3.63, 3.8) is 0 Å². The SMILES string of the molecule is CCN(Cc1cccc(C)n1)c1c(F)cccc1CCl. The van der Waals surface area contributed by atoms with E-state index in [0.717, 1.165) is 17.0 Å². The summed E-state index contributed by atoms with van der Waals surface area (Å²) in [6.07, 6.45) is 0. The van der Waals surface area contributed by atoms with Gasteiger partial charge >= 0.3 is 0 Å². The Bertz CT molecular complexity index is 586. The normalized spacial score (nSPS) is 10.6. The van der Waals surface area contributed by atoms with Crippen LogP contribution < -0.4 is 4.90 Å². The highest BCUT2D eigenvalue weighted by atomic mass is 35.5. The van der Waals surface area contributed by atoms with Gasteiger partial charge in [0.15, 0.2) is 0 Å². The first-order valence-electron chi connectivity index (χ1n) is 6.66. The van der Waals surface area contributed by atoms with E-state index in [0.29, 0.717) is 24.7 Å². The first-order chi connectivity index (χ1) is 9.65. The van der Waals surface area contributed by atoms with E-state index >= 15 is 0 Å². The van der Waals surface area contributed by atoms with Crippen LogP contribution in [-0.4, -0.2) is 11.5 Å². The van der Waals surface area contributed by atoms with Crippen molar-refractivity contribution in [2.24, 2.45) is 0 Å². The molecule has 0 amide bonds. The van der Waals surface area contributed by atoms with Crippen LogP contribution in [0.25, 0.3) is 0 Å². The van der Waals surface area contributed by atoms with Crippen LogP contribution in [0, 0.1) is 12.7 Å². The molecule has 0 saturated carbocycles. The van der Waals surface area contributed by atoms with Gasteiger partial charge in [-0.25, -0.2) is 4.39 Å². The Kier molecular flexibility index (Phi) is 4.96. The van der Waals surface area contributed by atoms with Gasteiger partial charge in [-0.15, -0.1) is 11.6 Å². The van der Waals surface area contributed by atoms with Crippen LogP contribution in [0.4, 0.5) is 10.1 Å². The van der Waals surface area contributed by atoms with Crippen molar-refractivity contribution in [1.82, 2.24) is 4.98 Å². The highest BCUT2D eigenvalue weighted by molar-refractivity contribution is 6.17. The first-order valence-corrected chi connectivity index (χ1v) is 7.20. The van der Waals surface area contributed by atoms with Gasteiger partial charge in [-0.1, -0.05) is 18.2 Å². The molecule has 0 radical (unpaired) electrons. The van der Waals surface area contributed by atoms with Crippen LogP contribution in [0.5, 0.6) is 0 Å². The largest absolute Gasteiger partial charge is 0.363 e. The van der Waals surface area contributed by atoms with Crippen molar-refractivity contribution >= 4 is 17.3 Å². The second-order valence-electron chi connectivity index (χ2n) is 4.67. The predicted molar refractivity (Wildman–Crippen MR) is 81.7 cm³/mol. The minimum Gasteiger partial charge on any atom is -0.363 e. The van der Waals surface area contributed by atoms with E-state index in [4.69, 9.17) is 11.6 Å². The highest BCUT2D eigenvalue weighted by Gasteiger charge is 2.15. The van der Waals surface area contributed by atoms with Gasteiger partial charge in [-0.2, -0.15) is 0 Å². The Balaban J connectivity index is 2.33. The van der Waals surface area contributed by atoms with Gasteiger partial charge in [0, 0.05) is 18.1 Å². The van der Waals surface area contributed by atoms with Crippen LogP contribution in [0.2, 0.25) is 0 Å². The molecule has 1 aromatic heterocycles. The molecule has 2 aromatic rings. The number of benzene rings is 1. The second-order valence-corrected chi connectivity index (χ2v) is 4.93. The summed E-state index contributed by atoms with van der Waals surface area (Å²) in [4.78, 5) is 6.44. The number of hydrogen-bond acceptors (Lipinski definition) is 2. The molecule has 20 heavy (non-hydrogen) atoms. The first kappa shape index (κ1) is 14.8. The molecule has 2 nitrogen and oxygen atoms in total. The topological polar surface area (TPSA) is 16.1 Å². The van der Waals surface area contributed by atoms with E-state index in [2.05, 4.69) is 4.98 Å². The quantitative estimate of drug-likeness (QED) is 0.764. The van der Waals surface area contributed by atoms with Crippen molar-refractivity contribution in [3.05, 3.63) is 59.2 Å². The Morgan fingerprint density at radius 2 is 1.95 bits per heavy atom. The zero-order valence-corrected chi connectivity index (χ0v) is 12.5. The highest BCUT2D eigenvalue weighted by Crippen LogP contribution is 2.27. The molecule has 4 heteroatoms. The summed E-state index contributed by atoms with van der Waals surface area (Å²) in [5, 5.41) is 0. The molecule has 0 aliphatic carbocycles. The minimum atomic E-state index is -0.238. The minimum absolute atomic E-state index is 0.238. The summed E-state index contributed by atoms with van der Waals surface area (Å²) in [6.45, 7) is 5.22. The van der Waals surface area contributed by atoms with Gasteiger partial charge in [0.2, 0.25) is 0 Å². The summed E-state index contributed by atoms with van der Waals surface area (Å²) in [5.41, 5.74) is 3.27. The maximum Gasteiger partial charge on any atom is 0.146 e. The molecule has 0 fully saturated rings. The Hall–Kier alpha value is -1.61. The Morgan fingerprint density at radius 3 is 2.60 bits per heavy atom. The smallest absolute Gasteiger partial charge is 0.146 e. The Morgan fingerprint density at radius 1 is 1.20 bits per heavy atom. The molecule has 0 bridgehead atoms. The zero-order valence-electron chi connectivity index (χ0n) is 11.7. The predicted octanol–water partition coefficient (Wildman–Crippen LogP) is 4.29. The maximum atomic E-state index is 14.1. The van der Waals surface area contributed by atoms with Crippen molar-refractivity contribution in [3.8, 4) is 0 Å². The van der Waals surface area contributed by atoms with Crippen LogP contribution in [0.15, 0.2) is 36.4 Å². The van der Waals surface area contributed by atoms with Gasteiger partial charge in [-0.3, -0.25) is 4.98 Å². The van der Waals surface area contributed by atoms with E-state index in [1.165, 1.54) is 6.07 Å². The molecular formula is C16H18ClFN2. The van der Waals surface area contributed by atoms with E-state index in [9.17, 15) is 4.39 Å². The summed E-state index contributed by atoms with van der Waals surface area (Å²) < 4.78 is 14.1. The number of pyridine rings is 1. The lowest BCUT2D eigenvalue weighted by molar-refractivity contribution is 0.615. The van der Waals surface area contributed by atoms with Crippen molar-refractivity contribution in [1.29, 1.82) is 0 Å². The molecule has 0 aliphatic heterocycles. The number of alkyl halides is 1. The number of aromatic nitrogens is 1.